The number of hydrogen-bond acceptors (Lipinski definition) is 3. The first-order valence-electron chi connectivity index (χ1n) is 5.17. The van der Waals surface area contributed by atoms with Crippen LogP contribution in [0.2, 0.25) is 0 Å². The lowest BCUT2D eigenvalue weighted by atomic mass is 10.3. The minimum absolute atomic E-state index is 0.0335. The fourth-order valence-corrected chi connectivity index (χ4v) is 1.68. The van der Waals surface area contributed by atoms with Gasteiger partial charge in [0.25, 0.3) is 0 Å². The lowest BCUT2D eigenvalue weighted by Crippen LogP contribution is -2.52. The summed E-state index contributed by atoms with van der Waals surface area (Å²) in [7, 11) is 1.91. The molecule has 0 radical (unpaired) electrons. The Bertz CT molecular complexity index is 413. The summed E-state index contributed by atoms with van der Waals surface area (Å²) in [5, 5.41) is 2.52. The van der Waals surface area contributed by atoms with E-state index in [1.807, 2.05) is 17.8 Å². The predicted octanol–water partition coefficient (Wildman–Crippen LogP) is -1.08. The first kappa shape index (κ1) is 10.7. The highest BCUT2D eigenvalue weighted by Crippen LogP contribution is 2.01. The highest BCUT2D eigenvalue weighted by atomic mass is 16.2. The van der Waals surface area contributed by atoms with Crippen LogP contribution in [0.4, 0.5) is 0 Å². The van der Waals surface area contributed by atoms with Gasteiger partial charge in [-0.2, -0.15) is 0 Å². The van der Waals surface area contributed by atoms with Gasteiger partial charge in [0, 0.05) is 32.4 Å². The van der Waals surface area contributed by atoms with Gasteiger partial charge < -0.3 is 14.8 Å². The number of imidazole rings is 1. The highest BCUT2D eigenvalue weighted by molar-refractivity contribution is 5.92. The summed E-state index contributed by atoms with van der Waals surface area (Å²) in [5.74, 6) is 0.784. The number of amides is 2. The van der Waals surface area contributed by atoms with Crippen molar-refractivity contribution in [3.63, 3.8) is 0 Å². The Hall–Kier alpha value is -1.85. The third-order valence-electron chi connectivity index (χ3n) is 2.65. The number of nitrogens with zero attached hydrogens (tertiary/aromatic N) is 3. The second kappa shape index (κ2) is 4.34. The topological polar surface area (TPSA) is 67.2 Å². The van der Waals surface area contributed by atoms with Crippen LogP contribution in [0, 0.1) is 0 Å². The van der Waals surface area contributed by atoms with Crippen molar-refractivity contribution in [3.05, 3.63) is 18.2 Å². The molecule has 6 nitrogen and oxygen atoms in total. The molecule has 16 heavy (non-hydrogen) atoms. The van der Waals surface area contributed by atoms with Gasteiger partial charge in [-0.05, 0) is 0 Å². The van der Waals surface area contributed by atoms with Crippen LogP contribution in [0.5, 0.6) is 0 Å². The summed E-state index contributed by atoms with van der Waals surface area (Å²) in [6.07, 6.45) is 4.25. The van der Waals surface area contributed by atoms with Crippen molar-refractivity contribution < 1.29 is 9.59 Å². The van der Waals surface area contributed by atoms with Crippen molar-refractivity contribution in [2.24, 2.45) is 7.05 Å². The Kier molecular flexibility index (Phi) is 2.89. The van der Waals surface area contributed by atoms with Gasteiger partial charge in [-0.25, -0.2) is 4.98 Å². The zero-order valence-electron chi connectivity index (χ0n) is 9.14. The molecular formula is C10H14N4O2. The summed E-state index contributed by atoms with van der Waals surface area (Å²) in [6.45, 7) is 0.805. The van der Waals surface area contributed by atoms with Crippen molar-refractivity contribution in [2.45, 2.75) is 6.42 Å². The smallest absolute Gasteiger partial charge is 0.242 e. The Balaban J connectivity index is 1.92. The van der Waals surface area contributed by atoms with E-state index in [4.69, 9.17) is 0 Å². The third-order valence-corrected chi connectivity index (χ3v) is 2.65. The first-order chi connectivity index (χ1) is 7.66. The highest BCUT2D eigenvalue weighted by Gasteiger charge is 2.22. The van der Waals surface area contributed by atoms with Crippen molar-refractivity contribution in [3.8, 4) is 0 Å². The van der Waals surface area contributed by atoms with Gasteiger partial charge in [0.2, 0.25) is 11.8 Å². The van der Waals surface area contributed by atoms with Crippen LogP contribution >= 0.6 is 0 Å². The maximum absolute atomic E-state index is 11.5. The largest absolute Gasteiger partial charge is 0.345 e. The van der Waals surface area contributed by atoms with E-state index in [9.17, 15) is 9.59 Å². The van der Waals surface area contributed by atoms with Crippen molar-refractivity contribution in [1.82, 2.24) is 19.8 Å². The molecule has 86 valence electrons. The van der Waals surface area contributed by atoms with Crippen molar-refractivity contribution >= 4 is 11.8 Å². The van der Waals surface area contributed by atoms with Crippen LogP contribution in [0.3, 0.4) is 0 Å². The second-order valence-corrected chi connectivity index (χ2v) is 3.80. The standard InChI is InChI=1S/C10H14N4O2/c1-13-5-3-11-8(13)2-4-14-7-9(15)12-6-10(14)16/h3,5H,2,4,6-7H2,1H3,(H,12,15). The molecule has 2 heterocycles. The average Bonchev–Trinajstić information content (AvgIpc) is 2.66. The summed E-state index contributed by atoms with van der Waals surface area (Å²) < 4.78 is 1.91. The molecule has 6 heteroatoms. The first-order valence-corrected chi connectivity index (χ1v) is 5.17. The Morgan fingerprint density at radius 2 is 2.31 bits per heavy atom. The molecule has 2 rings (SSSR count). The predicted molar refractivity (Wildman–Crippen MR) is 56.5 cm³/mol. The molecule has 0 aliphatic carbocycles. The molecule has 1 fully saturated rings. The fourth-order valence-electron chi connectivity index (χ4n) is 1.68. The maximum Gasteiger partial charge on any atom is 0.242 e. The van der Waals surface area contributed by atoms with Gasteiger partial charge in [0.15, 0.2) is 0 Å². The van der Waals surface area contributed by atoms with E-state index < -0.39 is 0 Å². The van der Waals surface area contributed by atoms with Gasteiger partial charge in [-0.15, -0.1) is 0 Å². The molecule has 1 aliphatic rings. The molecule has 0 aromatic carbocycles. The van der Waals surface area contributed by atoms with Crippen molar-refractivity contribution in [1.29, 1.82) is 0 Å². The summed E-state index contributed by atoms with van der Waals surface area (Å²) in [5.41, 5.74) is 0. The van der Waals surface area contributed by atoms with E-state index in [0.29, 0.717) is 13.0 Å². The number of carbonyl (C=O) groups is 2. The normalized spacial score (nSPS) is 16.4. The molecule has 1 aliphatic heterocycles. The molecule has 1 N–H and O–H groups in total. The zero-order valence-corrected chi connectivity index (χ0v) is 9.14. The Morgan fingerprint density at radius 3 is 3.00 bits per heavy atom. The number of rotatable bonds is 3. The van der Waals surface area contributed by atoms with Gasteiger partial charge in [-0.1, -0.05) is 0 Å². The van der Waals surface area contributed by atoms with E-state index >= 15 is 0 Å². The monoisotopic (exact) mass is 222 g/mol. The number of carbonyl (C=O) groups excluding carboxylic acids is 2. The average molecular weight is 222 g/mol. The number of nitrogens with one attached hydrogen (secondary N) is 1. The minimum Gasteiger partial charge on any atom is -0.345 e. The molecule has 0 unspecified atom stereocenters. The molecule has 1 saturated heterocycles. The minimum atomic E-state index is -0.0977. The maximum atomic E-state index is 11.5. The van der Waals surface area contributed by atoms with Crippen LogP contribution in [-0.4, -0.2) is 45.9 Å². The molecule has 2 amide bonds. The Morgan fingerprint density at radius 1 is 1.50 bits per heavy atom. The molecule has 1 aromatic rings. The molecule has 0 spiro atoms. The van der Waals surface area contributed by atoms with Gasteiger partial charge in [0.1, 0.15) is 5.82 Å². The van der Waals surface area contributed by atoms with E-state index in [2.05, 4.69) is 10.3 Å². The van der Waals surface area contributed by atoms with Crippen LogP contribution in [-0.2, 0) is 23.1 Å². The van der Waals surface area contributed by atoms with Crippen LogP contribution in [0.15, 0.2) is 12.4 Å². The summed E-state index contributed by atoms with van der Waals surface area (Å²) in [4.78, 5) is 28.3. The lowest BCUT2D eigenvalue weighted by Gasteiger charge is -2.26. The quantitative estimate of drug-likeness (QED) is 0.707. The number of aromatic nitrogens is 2. The summed E-state index contributed by atoms with van der Waals surface area (Å²) >= 11 is 0. The van der Waals surface area contributed by atoms with E-state index in [1.165, 1.54) is 0 Å². The number of aryl methyl sites for hydroxylation is 1. The second-order valence-electron chi connectivity index (χ2n) is 3.80. The molecule has 0 bridgehead atoms. The third kappa shape index (κ3) is 2.21. The lowest BCUT2D eigenvalue weighted by molar-refractivity contribution is -0.140. The molecule has 0 atom stereocenters. The van der Waals surface area contributed by atoms with Gasteiger partial charge >= 0.3 is 0 Å². The van der Waals surface area contributed by atoms with Gasteiger partial charge in [-0.3, -0.25) is 9.59 Å². The van der Waals surface area contributed by atoms with Crippen LogP contribution < -0.4 is 5.32 Å². The number of piperazine rings is 1. The SMILES string of the molecule is Cn1ccnc1CCN1CC(=O)NCC1=O. The van der Waals surface area contributed by atoms with E-state index in [0.717, 1.165) is 5.82 Å². The molecule has 0 saturated carbocycles. The van der Waals surface area contributed by atoms with E-state index in [-0.39, 0.29) is 24.9 Å². The van der Waals surface area contributed by atoms with Crippen LogP contribution in [0.1, 0.15) is 5.82 Å². The summed E-state index contributed by atoms with van der Waals surface area (Å²) in [6, 6.07) is 0. The zero-order chi connectivity index (χ0) is 11.5. The Labute approximate surface area is 93.3 Å². The van der Waals surface area contributed by atoms with E-state index in [1.54, 1.807) is 11.1 Å². The van der Waals surface area contributed by atoms with Crippen molar-refractivity contribution in [2.75, 3.05) is 19.6 Å². The van der Waals surface area contributed by atoms with Crippen LogP contribution in [0.25, 0.3) is 0 Å². The van der Waals surface area contributed by atoms with Gasteiger partial charge in [0.05, 0.1) is 13.1 Å². The number of hydrogen-bond donors (Lipinski definition) is 1. The fraction of sp³-hybridized carbons (Fsp3) is 0.500. The molecule has 1 aromatic heterocycles. The molecular weight excluding hydrogens is 208 g/mol.